The fourth-order valence-corrected chi connectivity index (χ4v) is 2.06. The molecule has 1 atom stereocenters. The standard InChI is InChI=1S/C17H25N3O5/c1-4-13(19-17(24)18-10-9-16(22)23)12-7-5-6-8-14(12)25-11-15(21)20(2)3/h5-8,13H,4,9-11H2,1-3H3,(H,22,23)(H2,18,19,24). The molecule has 0 bridgehead atoms. The maximum atomic E-state index is 11.9. The highest BCUT2D eigenvalue weighted by molar-refractivity contribution is 5.77. The van der Waals surface area contributed by atoms with Gasteiger partial charge in [0.25, 0.3) is 5.91 Å². The van der Waals surface area contributed by atoms with E-state index in [1.54, 1.807) is 26.2 Å². The number of aliphatic carboxylic acids is 1. The minimum atomic E-state index is -0.975. The molecular weight excluding hydrogens is 326 g/mol. The molecule has 25 heavy (non-hydrogen) atoms. The van der Waals surface area contributed by atoms with Crippen molar-refractivity contribution in [1.29, 1.82) is 0 Å². The van der Waals surface area contributed by atoms with Crippen LogP contribution >= 0.6 is 0 Å². The number of para-hydroxylation sites is 1. The Morgan fingerprint density at radius 1 is 1.24 bits per heavy atom. The van der Waals surface area contributed by atoms with Gasteiger partial charge in [0.15, 0.2) is 6.61 Å². The van der Waals surface area contributed by atoms with Crippen LogP contribution in [0, 0.1) is 0 Å². The van der Waals surface area contributed by atoms with E-state index in [0.717, 1.165) is 5.56 Å². The molecule has 0 aliphatic heterocycles. The fourth-order valence-electron chi connectivity index (χ4n) is 2.06. The van der Waals surface area contributed by atoms with Crippen LogP contribution in [0.15, 0.2) is 24.3 Å². The average molecular weight is 351 g/mol. The predicted molar refractivity (Wildman–Crippen MR) is 92.5 cm³/mol. The number of carboxylic acids is 1. The van der Waals surface area contributed by atoms with Crippen LogP contribution in [-0.4, -0.2) is 55.2 Å². The van der Waals surface area contributed by atoms with Crippen molar-refractivity contribution in [2.45, 2.75) is 25.8 Å². The second kappa shape index (κ2) is 10.2. The molecule has 0 spiro atoms. The van der Waals surface area contributed by atoms with Crippen LogP contribution in [0.1, 0.15) is 31.4 Å². The summed E-state index contributed by atoms with van der Waals surface area (Å²) in [6, 6.07) is 6.40. The Balaban J connectivity index is 2.73. The molecule has 138 valence electrons. The topological polar surface area (TPSA) is 108 Å². The zero-order valence-electron chi connectivity index (χ0n) is 14.7. The van der Waals surface area contributed by atoms with Gasteiger partial charge in [0, 0.05) is 26.2 Å². The van der Waals surface area contributed by atoms with Crippen LogP contribution in [-0.2, 0) is 9.59 Å². The van der Waals surface area contributed by atoms with Crippen LogP contribution in [0.2, 0.25) is 0 Å². The summed E-state index contributed by atoms with van der Waals surface area (Å²) in [6.45, 7) is 1.86. The Hall–Kier alpha value is -2.77. The van der Waals surface area contributed by atoms with Gasteiger partial charge in [0.05, 0.1) is 12.5 Å². The zero-order chi connectivity index (χ0) is 18.8. The lowest BCUT2D eigenvalue weighted by atomic mass is 10.0. The van der Waals surface area contributed by atoms with E-state index < -0.39 is 12.0 Å². The molecule has 0 radical (unpaired) electrons. The minimum Gasteiger partial charge on any atom is -0.483 e. The first kappa shape index (κ1) is 20.3. The smallest absolute Gasteiger partial charge is 0.315 e. The van der Waals surface area contributed by atoms with Crippen molar-refractivity contribution in [2.24, 2.45) is 0 Å². The largest absolute Gasteiger partial charge is 0.483 e. The van der Waals surface area contributed by atoms with E-state index in [-0.39, 0.29) is 31.5 Å². The van der Waals surface area contributed by atoms with Crippen molar-refractivity contribution in [1.82, 2.24) is 15.5 Å². The molecule has 0 aromatic heterocycles. The van der Waals surface area contributed by atoms with E-state index >= 15 is 0 Å². The number of urea groups is 1. The number of likely N-dealkylation sites (N-methyl/N-ethyl adjacent to an activating group) is 1. The molecule has 1 aromatic carbocycles. The van der Waals surface area contributed by atoms with Gasteiger partial charge in [-0.05, 0) is 12.5 Å². The van der Waals surface area contributed by atoms with Gasteiger partial charge in [-0.25, -0.2) is 4.79 Å². The number of carbonyl (C=O) groups is 3. The number of amides is 3. The third-order valence-electron chi connectivity index (χ3n) is 3.48. The number of nitrogens with zero attached hydrogens (tertiary/aromatic N) is 1. The molecular formula is C17H25N3O5. The number of nitrogens with one attached hydrogen (secondary N) is 2. The molecule has 8 heteroatoms. The Morgan fingerprint density at radius 2 is 1.92 bits per heavy atom. The zero-order valence-corrected chi connectivity index (χ0v) is 14.7. The van der Waals surface area contributed by atoms with Crippen LogP contribution in [0.3, 0.4) is 0 Å². The van der Waals surface area contributed by atoms with Gasteiger partial charge in [0.2, 0.25) is 0 Å². The van der Waals surface area contributed by atoms with Crippen molar-refractivity contribution in [3.05, 3.63) is 29.8 Å². The van der Waals surface area contributed by atoms with Crippen molar-refractivity contribution in [2.75, 3.05) is 27.2 Å². The SMILES string of the molecule is CCC(NC(=O)NCCC(=O)O)c1ccccc1OCC(=O)N(C)C. The summed E-state index contributed by atoms with van der Waals surface area (Å²) in [7, 11) is 3.30. The second-order valence-electron chi connectivity index (χ2n) is 5.62. The quantitative estimate of drug-likeness (QED) is 0.623. The molecule has 0 saturated heterocycles. The van der Waals surface area contributed by atoms with Gasteiger partial charge in [-0.15, -0.1) is 0 Å². The molecule has 1 aromatic rings. The van der Waals surface area contributed by atoms with Gasteiger partial charge in [-0.1, -0.05) is 25.1 Å². The summed E-state index contributed by atoms with van der Waals surface area (Å²) in [5.41, 5.74) is 0.755. The number of benzene rings is 1. The fraction of sp³-hybridized carbons (Fsp3) is 0.471. The molecule has 3 amide bonds. The van der Waals surface area contributed by atoms with Gasteiger partial charge >= 0.3 is 12.0 Å². The summed E-state index contributed by atoms with van der Waals surface area (Å²) < 4.78 is 5.60. The number of carbonyl (C=O) groups excluding carboxylic acids is 2. The summed E-state index contributed by atoms with van der Waals surface area (Å²) in [6.07, 6.45) is 0.463. The lowest BCUT2D eigenvalue weighted by Gasteiger charge is -2.21. The average Bonchev–Trinajstić information content (AvgIpc) is 2.57. The predicted octanol–water partition coefficient (Wildman–Crippen LogP) is 1.38. The van der Waals surface area contributed by atoms with E-state index in [1.165, 1.54) is 4.90 Å². The molecule has 1 unspecified atom stereocenters. The van der Waals surface area contributed by atoms with E-state index in [0.29, 0.717) is 12.2 Å². The van der Waals surface area contributed by atoms with Crippen molar-refractivity contribution in [3.63, 3.8) is 0 Å². The lowest BCUT2D eigenvalue weighted by Crippen LogP contribution is -2.38. The first-order chi connectivity index (χ1) is 11.8. The maximum absolute atomic E-state index is 11.9. The highest BCUT2D eigenvalue weighted by atomic mass is 16.5. The Kier molecular flexibility index (Phi) is 8.25. The molecule has 0 fully saturated rings. The molecule has 3 N–H and O–H groups in total. The summed E-state index contributed by atoms with van der Waals surface area (Å²) in [5, 5.41) is 13.9. The Labute approximate surface area is 147 Å². The summed E-state index contributed by atoms with van der Waals surface area (Å²) in [5.74, 6) is -0.616. The highest BCUT2D eigenvalue weighted by Crippen LogP contribution is 2.27. The number of rotatable bonds is 9. The van der Waals surface area contributed by atoms with E-state index in [9.17, 15) is 14.4 Å². The first-order valence-corrected chi connectivity index (χ1v) is 8.03. The summed E-state index contributed by atoms with van der Waals surface area (Å²) >= 11 is 0. The van der Waals surface area contributed by atoms with Gasteiger partial charge in [-0.2, -0.15) is 0 Å². The molecule has 8 nitrogen and oxygen atoms in total. The third kappa shape index (κ3) is 7.11. The molecule has 0 heterocycles. The van der Waals surface area contributed by atoms with Crippen molar-refractivity contribution in [3.8, 4) is 5.75 Å². The van der Waals surface area contributed by atoms with Crippen molar-refractivity contribution >= 4 is 17.9 Å². The number of carboxylic acid groups (broad SMARTS) is 1. The second-order valence-corrected chi connectivity index (χ2v) is 5.62. The van der Waals surface area contributed by atoms with Crippen LogP contribution < -0.4 is 15.4 Å². The first-order valence-electron chi connectivity index (χ1n) is 8.03. The normalized spacial score (nSPS) is 11.3. The van der Waals surface area contributed by atoms with Gasteiger partial charge in [0.1, 0.15) is 5.75 Å². The van der Waals surface area contributed by atoms with E-state index in [2.05, 4.69) is 10.6 Å². The number of ether oxygens (including phenoxy) is 1. The molecule has 1 rings (SSSR count). The molecule has 0 aliphatic rings. The third-order valence-corrected chi connectivity index (χ3v) is 3.48. The summed E-state index contributed by atoms with van der Waals surface area (Å²) in [4.78, 5) is 35.5. The maximum Gasteiger partial charge on any atom is 0.315 e. The van der Waals surface area contributed by atoms with Gasteiger partial charge < -0.3 is 25.4 Å². The van der Waals surface area contributed by atoms with Crippen LogP contribution in [0.5, 0.6) is 5.75 Å². The monoisotopic (exact) mass is 351 g/mol. The van der Waals surface area contributed by atoms with Crippen LogP contribution in [0.4, 0.5) is 4.79 Å². The van der Waals surface area contributed by atoms with Gasteiger partial charge in [-0.3, -0.25) is 9.59 Å². The Morgan fingerprint density at radius 3 is 2.52 bits per heavy atom. The lowest BCUT2D eigenvalue weighted by molar-refractivity contribution is -0.136. The highest BCUT2D eigenvalue weighted by Gasteiger charge is 2.17. The number of hydrogen-bond acceptors (Lipinski definition) is 4. The number of hydrogen-bond donors (Lipinski definition) is 3. The van der Waals surface area contributed by atoms with Crippen LogP contribution in [0.25, 0.3) is 0 Å². The minimum absolute atomic E-state index is 0.0487. The molecule has 0 aliphatic carbocycles. The van der Waals surface area contributed by atoms with Crippen molar-refractivity contribution < 1.29 is 24.2 Å². The van der Waals surface area contributed by atoms with E-state index in [1.807, 2.05) is 19.1 Å². The van der Waals surface area contributed by atoms with E-state index in [4.69, 9.17) is 9.84 Å². The molecule has 0 saturated carbocycles. The Bertz CT molecular complexity index is 604.